The Balaban J connectivity index is 1.31. The number of aryl methyl sites for hydroxylation is 1. The summed E-state index contributed by atoms with van der Waals surface area (Å²) in [7, 11) is 3.34. The first kappa shape index (κ1) is 27.1. The summed E-state index contributed by atoms with van der Waals surface area (Å²) >= 11 is 1.35. The van der Waals surface area contributed by atoms with Crippen molar-refractivity contribution in [2.24, 2.45) is 0 Å². The van der Waals surface area contributed by atoms with Crippen molar-refractivity contribution in [1.82, 2.24) is 9.88 Å². The van der Waals surface area contributed by atoms with Crippen molar-refractivity contribution in [3.8, 4) is 10.4 Å². The smallest absolute Gasteiger partial charge is 0.341 e. The van der Waals surface area contributed by atoms with E-state index < -0.39 is 23.9 Å². The molecule has 1 atom stereocenters. The summed E-state index contributed by atoms with van der Waals surface area (Å²) in [6.45, 7) is 3.22. The van der Waals surface area contributed by atoms with Crippen molar-refractivity contribution in [3.05, 3.63) is 82.0 Å². The number of hydrogen-bond acceptors (Lipinski definition) is 8. The van der Waals surface area contributed by atoms with Crippen molar-refractivity contribution < 1.29 is 23.9 Å². The lowest BCUT2D eigenvalue weighted by Crippen LogP contribution is -2.34. The molecule has 9 heteroatoms. The maximum atomic E-state index is 13.8. The van der Waals surface area contributed by atoms with Gasteiger partial charge in [-0.3, -0.25) is 9.78 Å². The molecule has 2 aromatic heterocycles. The topological polar surface area (TPSA) is 97.8 Å². The van der Waals surface area contributed by atoms with E-state index >= 15 is 0 Å². The molecule has 4 aromatic rings. The summed E-state index contributed by atoms with van der Waals surface area (Å²) in [6.07, 6.45) is 1.42. The SMILES string of the molecule is CCC(OC(=O)c1c2c(nc3ccccc13)CCN(C)C2)C(=O)Nc1sc2c(c1C(=O)OC)CCc1ccccc1-2. The number of fused-ring (bicyclic) bond motifs is 5. The van der Waals surface area contributed by atoms with E-state index in [9.17, 15) is 14.4 Å². The van der Waals surface area contributed by atoms with Crippen molar-refractivity contribution in [1.29, 1.82) is 0 Å². The highest BCUT2D eigenvalue weighted by molar-refractivity contribution is 7.20. The number of pyridine rings is 1. The van der Waals surface area contributed by atoms with Gasteiger partial charge in [-0.1, -0.05) is 49.4 Å². The van der Waals surface area contributed by atoms with Crippen molar-refractivity contribution in [3.63, 3.8) is 0 Å². The number of carbonyl (C=O) groups excluding carboxylic acids is 3. The Morgan fingerprint density at radius 1 is 1.00 bits per heavy atom. The Morgan fingerprint density at radius 2 is 1.78 bits per heavy atom. The van der Waals surface area contributed by atoms with Crippen LogP contribution in [0, 0.1) is 0 Å². The van der Waals surface area contributed by atoms with Gasteiger partial charge in [0.1, 0.15) is 5.00 Å². The van der Waals surface area contributed by atoms with Crippen LogP contribution < -0.4 is 5.32 Å². The third-order valence-electron chi connectivity index (χ3n) is 7.89. The molecule has 0 saturated carbocycles. The number of benzene rings is 2. The summed E-state index contributed by atoms with van der Waals surface area (Å²) in [4.78, 5) is 48.1. The molecule has 0 fully saturated rings. The van der Waals surface area contributed by atoms with Gasteiger partial charge in [-0.25, -0.2) is 9.59 Å². The second-order valence-corrected chi connectivity index (χ2v) is 11.5. The third kappa shape index (κ3) is 4.89. The quantitative estimate of drug-likeness (QED) is 0.310. The predicted molar refractivity (Wildman–Crippen MR) is 158 cm³/mol. The van der Waals surface area contributed by atoms with Gasteiger partial charge >= 0.3 is 11.9 Å². The molecular weight excluding hydrogens is 538 g/mol. The molecule has 0 saturated heterocycles. The van der Waals surface area contributed by atoms with Gasteiger partial charge < -0.3 is 19.7 Å². The molecule has 1 aliphatic heterocycles. The van der Waals surface area contributed by atoms with Crippen molar-refractivity contribution in [2.45, 2.75) is 45.3 Å². The highest BCUT2D eigenvalue weighted by Crippen LogP contribution is 2.45. The van der Waals surface area contributed by atoms with E-state index in [2.05, 4.69) is 16.3 Å². The number of nitrogens with one attached hydrogen (secondary N) is 1. The predicted octanol–water partition coefficient (Wildman–Crippen LogP) is 5.41. The molecule has 0 spiro atoms. The van der Waals surface area contributed by atoms with E-state index in [0.717, 1.165) is 52.2 Å². The van der Waals surface area contributed by atoms with Gasteiger partial charge in [0.15, 0.2) is 6.10 Å². The standard InChI is InChI=1S/C32H31N3O5S/c1-4-25(40-32(38)26-20-11-7-8-12-23(20)33-24-15-16-35(2)17-22(24)26)29(36)34-30-27(31(37)39-3)21-14-13-18-9-5-6-10-19(18)28(21)41-30/h5-12,25H,4,13-17H2,1-3H3,(H,34,36). The highest BCUT2D eigenvalue weighted by Gasteiger charge is 2.32. The minimum atomic E-state index is -1.05. The maximum Gasteiger partial charge on any atom is 0.341 e. The average Bonchev–Trinajstić information content (AvgIpc) is 3.36. The van der Waals surface area contributed by atoms with Gasteiger partial charge in [-0.2, -0.15) is 0 Å². The fourth-order valence-corrected chi connectivity index (χ4v) is 7.11. The van der Waals surface area contributed by atoms with E-state index in [0.29, 0.717) is 34.5 Å². The van der Waals surface area contributed by atoms with Crippen molar-refractivity contribution >= 4 is 45.1 Å². The zero-order valence-corrected chi connectivity index (χ0v) is 24.1. The van der Waals surface area contributed by atoms with E-state index in [-0.39, 0.29) is 6.42 Å². The number of thiophene rings is 1. The van der Waals surface area contributed by atoms with Crippen LogP contribution in [0.2, 0.25) is 0 Å². The lowest BCUT2D eigenvalue weighted by Gasteiger charge is -2.27. The number of anilines is 1. The zero-order valence-electron chi connectivity index (χ0n) is 23.3. The number of esters is 2. The minimum Gasteiger partial charge on any atom is -0.465 e. The molecule has 41 heavy (non-hydrogen) atoms. The van der Waals surface area contributed by atoms with Gasteiger partial charge in [-0.15, -0.1) is 11.3 Å². The van der Waals surface area contributed by atoms with E-state index in [1.54, 1.807) is 6.92 Å². The van der Waals surface area contributed by atoms with Crippen LogP contribution in [0.5, 0.6) is 0 Å². The number of methoxy groups -OCH3 is 1. The Bertz CT molecular complexity index is 1690. The summed E-state index contributed by atoms with van der Waals surface area (Å²) in [5, 5.41) is 4.03. The summed E-state index contributed by atoms with van der Waals surface area (Å²) < 4.78 is 11.0. The Morgan fingerprint density at radius 3 is 2.59 bits per heavy atom. The van der Waals surface area contributed by atoms with E-state index in [4.69, 9.17) is 14.5 Å². The summed E-state index contributed by atoms with van der Waals surface area (Å²) in [6, 6.07) is 15.6. The zero-order chi connectivity index (χ0) is 28.7. The second kappa shape index (κ2) is 11.1. The molecule has 0 bridgehead atoms. The Hall–Kier alpha value is -4.08. The van der Waals surface area contributed by atoms with Gasteiger partial charge in [-0.05, 0) is 49.1 Å². The van der Waals surface area contributed by atoms with Gasteiger partial charge in [0.2, 0.25) is 0 Å². The Kier molecular flexibility index (Phi) is 7.32. The number of para-hydroxylation sites is 1. The molecule has 0 radical (unpaired) electrons. The number of rotatable bonds is 6. The first-order chi connectivity index (χ1) is 19.9. The van der Waals surface area contributed by atoms with Gasteiger partial charge in [0.05, 0.1) is 23.8 Å². The average molecular weight is 570 g/mol. The molecule has 1 unspecified atom stereocenters. The minimum absolute atomic E-state index is 0.268. The molecule has 1 N–H and O–H groups in total. The van der Waals surface area contributed by atoms with Crippen LogP contribution in [0.4, 0.5) is 5.00 Å². The normalized spacial score (nSPS) is 14.9. The number of amides is 1. The van der Waals surface area contributed by atoms with Crippen LogP contribution >= 0.6 is 11.3 Å². The molecule has 8 nitrogen and oxygen atoms in total. The molecule has 2 aliphatic rings. The van der Waals surface area contributed by atoms with Gasteiger partial charge in [0, 0.05) is 41.0 Å². The monoisotopic (exact) mass is 569 g/mol. The van der Waals surface area contributed by atoms with Crippen LogP contribution in [0.1, 0.15) is 56.4 Å². The van der Waals surface area contributed by atoms with Crippen LogP contribution in [-0.4, -0.2) is 54.5 Å². The lowest BCUT2D eigenvalue weighted by molar-refractivity contribution is -0.124. The van der Waals surface area contributed by atoms with Gasteiger partial charge in [0.25, 0.3) is 5.91 Å². The maximum absolute atomic E-state index is 13.8. The highest BCUT2D eigenvalue weighted by atomic mass is 32.1. The fraction of sp³-hybridized carbons (Fsp3) is 0.312. The van der Waals surface area contributed by atoms with Crippen LogP contribution in [-0.2, 0) is 40.1 Å². The first-order valence-electron chi connectivity index (χ1n) is 13.8. The summed E-state index contributed by atoms with van der Waals surface area (Å²) in [5.41, 5.74) is 6.42. The molecule has 210 valence electrons. The first-order valence-corrected chi connectivity index (χ1v) is 14.6. The third-order valence-corrected chi connectivity index (χ3v) is 9.07. The van der Waals surface area contributed by atoms with Crippen LogP contribution in [0.25, 0.3) is 21.3 Å². The number of likely N-dealkylation sites (N-methyl/N-ethyl adjacent to an activating group) is 1. The van der Waals surface area contributed by atoms with E-state index in [1.165, 1.54) is 24.0 Å². The number of carbonyl (C=O) groups is 3. The molecule has 1 amide bonds. The fourth-order valence-electron chi connectivity index (χ4n) is 5.81. The molecule has 2 aromatic carbocycles. The number of ether oxygens (including phenoxy) is 2. The number of hydrogen-bond donors (Lipinski definition) is 1. The summed E-state index contributed by atoms with van der Waals surface area (Å²) in [5.74, 6) is -1.53. The van der Waals surface area contributed by atoms with E-state index in [1.807, 2.05) is 49.5 Å². The molecule has 6 rings (SSSR count). The molecule has 1 aliphatic carbocycles. The Labute approximate surface area is 242 Å². The lowest BCUT2D eigenvalue weighted by atomic mass is 9.89. The second-order valence-electron chi connectivity index (χ2n) is 10.5. The molecule has 3 heterocycles. The number of nitrogens with zero attached hydrogens (tertiary/aromatic N) is 2. The number of aromatic nitrogens is 1. The van der Waals surface area contributed by atoms with Crippen LogP contribution in [0.3, 0.4) is 0 Å². The molecular formula is C32H31N3O5S. The van der Waals surface area contributed by atoms with Crippen molar-refractivity contribution in [2.75, 3.05) is 26.0 Å². The largest absolute Gasteiger partial charge is 0.465 e. The van der Waals surface area contributed by atoms with Crippen LogP contribution in [0.15, 0.2) is 48.5 Å².